The summed E-state index contributed by atoms with van der Waals surface area (Å²) >= 11 is 0. The number of nitrogens with one attached hydrogen (secondary N) is 1. The van der Waals surface area contributed by atoms with Crippen LogP contribution in [0.2, 0.25) is 0 Å². The van der Waals surface area contributed by atoms with Crippen molar-refractivity contribution in [2.75, 3.05) is 0 Å². The van der Waals surface area contributed by atoms with Gasteiger partial charge < -0.3 is 0 Å². The van der Waals surface area contributed by atoms with E-state index in [0.29, 0.717) is 17.0 Å². The van der Waals surface area contributed by atoms with Crippen molar-refractivity contribution in [3.63, 3.8) is 0 Å². The molecule has 4 aromatic rings. The van der Waals surface area contributed by atoms with Gasteiger partial charge in [-0.3, -0.25) is 9.89 Å². The molecule has 0 bridgehead atoms. The van der Waals surface area contributed by atoms with E-state index in [2.05, 4.69) is 25.1 Å². The Kier molecular flexibility index (Phi) is 3.55. The molecule has 0 atom stereocenters. The Morgan fingerprint density at radius 3 is 2.50 bits per heavy atom. The first-order valence-electron chi connectivity index (χ1n) is 7.51. The Balaban J connectivity index is 2.01. The average molecular weight is 315 g/mol. The lowest BCUT2D eigenvalue weighted by Crippen LogP contribution is -2.12. The Hall–Kier alpha value is -3.41. The highest BCUT2D eigenvalue weighted by Crippen LogP contribution is 2.24. The number of fused-ring (bicyclic) bond motifs is 1. The molecule has 24 heavy (non-hydrogen) atoms. The summed E-state index contributed by atoms with van der Waals surface area (Å²) in [7, 11) is 0. The van der Waals surface area contributed by atoms with Gasteiger partial charge >= 0.3 is 0 Å². The maximum absolute atomic E-state index is 12.5. The lowest BCUT2D eigenvalue weighted by atomic mass is 10.1. The highest BCUT2D eigenvalue weighted by molar-refractivity contribution is 5.91. The molecule has 0 unspecified atom stereocenters. The summed E-state index contributed by atoms with van der Waals surface area (Å²) in [5, 5.41) is 7.41. The minimum atomic E-state index is -0.357. The van der Waals surface area contributed by atoms with Crippen LogP contribution in [0, 0.1) is 0 Å². The average Bonchev–Trinajstić information content (AvgIpc) is 3.08. The van der Waals surface area contributed by atoms with Gasteiger partial charge in [-0.1, -0.05) is 48.5 Å². The van der Waals surface area contributed by atoms with E-state index in [1.807, 2.05) is 54.6 Å². The Morgan fingerprint density at radius 2 is 1.71 bits per heavy atom. The molecule has 6 nitrogen and oxygen atoms in total. The molecule has 0 amide bonds. The Bertz CT molecular complexity index is 1050. The zero-order valence-electron chi connectivity index (χ0n) is 12.7. The molecule has 0 aliphatic carbocycles. The van der Waals surface area contributed by atoms with E-state index >= 15 is 0 Å². The molecule has 0 radical (unpaired) electrons. The minimum Gasteiger partial charge on any atom is -0.265 e. The minimum absolute atomic E-state index is 0.257. The van der Waals surface area contributed by atoms with E-state index in [1.165, 1.54) is 6.33 Å². The van der Waals surface area contributed by atoms with Crippen LogP contribution in [0.4, 0.5) is 0 Å². The van der Waals surface area contributed by atoms with Crippen LogP contribution in [0.1, 0.15) is 11.5 Å². The molecule has 0 saturated heterocycles. The summed E-state index contributed by atoms with van der Waals surface area (Å²) < 4.78 is 0. The highest BCUT2D eigenvalue weighted by Gasteiger charge is 2.11. The smallest absolute Gasteiger partial charge is 0.265 e. The molecule has 2 heterocycles. The number of aromatic nitrogens is 5. The van der Waals surface area contributed by atoms with Crippen molar-refractivity contribution in [3.8, 4) is 11.3 Å². The number of para-hydroxylation sites is 1. The predicted molar refractivity (Wildman–Crippen MR) is 90.4 cm³/mol. The van der Waals surface area contributed by atoms with Crippen molar-refractivity contribution in [1.82, 2.24) is 25.1 Å². The van der Waals surface area contributed by atoms with E-state index in [4.69, 9.17) is 0 Å². The van der Waals surface area contributed by atoms with E-state index in [1.54, 1.807) is 0 Å². The van der Waals surface area contributed by atoms with Gasteiger partial charge in [0, 0.05) is 10.9 Å². The normalized spacial score (nSPS) is 10.8. The van der Waals surface area contributed by atoms with E-state index < -0.39 is 0 Å². The molecular weight excluding hydrogens is 302 g/mol. The first-order chi connectivity index (χ1) is 11.8. The molecule has 0 saturated carbocycles. The van der Waals surface area contributed by atoms with Gasteiger partial charge in [-0.2, -0.15) is 5.10 Å². The third-order valence-corrected chi connectivity index (χ3v) is 3.72. The second-order valence-electron chi connectivity index (χ2n) is 5.32. The number of aromatic amines is 1. The van der Waals surface area contributed by atoms with Crippen LogP contribution in [0.5, 0.6) is 0 Å². The molecule has 0 aliphatic rings. The van der Waals surface area contributed by atoms with Crippen molar-refractivity contribution < 1.29 is 0 Å². The zero-order chi connectivity index (χ0) is 16.4. The van der Waals surface area contributed by atoms with Crippen LogP contribution in [-0.2, 0) is 6.42 Å². The SMILES string of the molecule is O=c1nc2ccccc2c(-c2ccccc2)nc1Cc1ncn[nH]1. The molecule has 0 aliphatic heterocycles. The topological polar surface area (TPSA) is 84.4 Å². The molecule has 1 N–H and O–H groups in total. The number of H-pyrrole nitrogens is 1. The molecule has 0 fully saturated rings. The van der Waals surface area contributed by atoms with E-state index in [0.717, 1.165) is 16.6 Å². The van der Waals surface area contributed by atoms with Crippen molar-refractivity contribution in [1.29, 1.82) is 0 Å². The number of benzene rings is 2. The number of rotatable bonds is 3. The second kappa shape index (κ2) is 6.00. The fourth-order valence-electron chi connectivity index (χ4n) is 2.59. The summed E-state index contributed by atoms with van der Waals surface area (Å²) in [6.07, 6.45) is 1.66. The first-order valence-corrected chi connectivity index (χ1v) is 7.51. The zero-order valence-corrected chi connectivity index (χ0v) is 12.7. The largest absolute Gasteiger partial charge is 0.292 e. The number of hydrogen-bond donors (Lipinski definition) is 1. The lowest BCUT2D eigenvalue weighted by molar-refractivity contribution is 0.929. The Labute approximate surface area is 137 Å². The van der Waals surface area contributed by atoms with Gasteiger partial charge in [0.25, 0.3) is 5.56 Å². The molecule has 0 spiro atoms. The number of hydrogen-bond acceptors (Lipinski definition) is 5. The van der Waals surface area contributed by atoms with Gasteiger partial charge in [-0.25, -0.2) is 15.0 Å². The van der Waals surface area contributed by atoms with Crippen LogP contribution in [0.15, 0.2) is 65.7 Å². The molecule has 6 heteroatoms. The standard InChI is InChI=1S/C18H13N5O/c24-18-15(10-16-19-11-20-23-16)21-17(12-6-2-1-3-7-12)13-8-4-5-9-14(13)22-18/h1-9,11H,10H2,(H,19,20,23). The van der Waals surface area contributed by atoms with Crippen molar-refractivity contribution in [3.05, 3.63) is 82.8 Å². The van der Waals surface area contributed by atoms with Gasteiger partial charge in [0.1, 0.15) is 17.8 Å². The van der Waals surface area contributed by atoms with Crippen LogP contribution in [0.3, 0.4) is 0 Å². The van der Waals surface area contributed by atoms with Gasteiger partial charge in [-0.05, 0) is 6.07 Å². The summed E-state index contributed by atoms with van der Waals surface area (Å²) in [6, 6.07) is 17.3. The maximum Gasteiger partial charge on any atom is 0.292 e. The monoisotopic (exact) mass is 315 g/mol. The summed E-state index contributed by atoms with van der Waals surface area (Å²) in [5.41, 5.74) is 2.27. The van der Waals surface area contributed by atoms with Crippen LogP contribution in [-0.4, -0.2) is 25.1 Å². The van der Waals surface area contributed by atoms with Gasteiger partial charge in [0.2, 0.25) is 0 Å². The molecular formula is C18H13N5O. The van der Waals surface area contributed by atoms with E-state index in [-0.39, 0.29) is 12.0 Å². The van der Waals surface area contributed by atoms with Crippen molar-refractivity contribution >= 4 is 10.9 Å². The molecule has 2 aromatic carbocycles. The first kappa shape index (κ1) is 14.2. The molecule has 4 rings (SSSR count). The quantitative estimate of drug-likeness (QED) is 0.627. The van der Waals surface area contributed by atoms with Crippen molar-refractivity contribution in [2.24, 2.45) is 0 Å². The predicted octanol–water partition coefficient (Wildman–Crippen LogP) is 2.37. The fraction of sp³-hybridized carbons (Fsp3) is 0.0556. The number of nitrogens with zero attached hydrogens (tertiary/aromatic N) is 4. The maximum atomic E-state index is 12.5. The van der Waals surface area contributed by atoms with Crippen LogP contribution >= 0.6 is 0 Å². The Morgan fingerprint density at radius 1 is 0.917 bits per heavy atom. The van der Waals surface area contributed by atoms with Gasteiger partial charge in [0.15, 0.2) is 0 Å². The van der Waals surface area contributed by atoms with Crippen LogP contribution < -0.4 is 5.56 Å². The van der Waals surface area contributed by atoms with Crippen LogP contribution in [0.25, 0.3) is 22.2 Å². The third-order valence-electron chi connectivity index (χ3n) is 3.72. The van der Waals surface area contributed by atoms with Gasteiger partial charge in [0.05, 0.1) is 17.6 Å². The van der Waals surface area contributed by atoms with Crippen molar-refractivity contribution in [2.45, 2.75) is 6.42 Å². The summed E-state index contributed by atoms with van der Waals surface area (Å²) in [4.78, 5) is 25.4. The van der Waals surface area contributed by atoms with Gasteiger partial charge in [-0.15, -0.1) is 0 Å². The van der Waals surface area contributed by atoms with E-state index in [9.17, 15) is 4.79 Å². The fourth-order valence-corrected chi connectivity index (χ4v) is 2.59. The second-order valence-corrected chi connectivity index (χ2v) is 5.32. The molecule has 116 valence electrons. The summed E-state index contributed by atoms with van der Waals surface area (Å²) in [6.45, 7) is 0. The third kappa shape index (κ3) is 2.65. The highest BCUT2D eigenvalue weighted by atomic mass is 16.1. The molecule has 2 aromatic heterocycles. The lowest BCUT2D eigenvalue weighted by Gasteiger charge is -2.02. The summed E-state index contributed by atoms with van der Waals surface area (Å²) in [5.74, 6) is 0.579.